The summed E-state index contributed by atoms with van der Waals surface area (Å²) in [6.45, 7) is 3.50. The monoisotopic (exact) mass is 347 g/mol. The molecule has 25 heavy (non-hydrogen) atoms. The van der Waals surface area contributed by atoms with E-state index < -0.39 is 17.8 Å². The molecule has 2 amide bonds. The fourth-order valence-electron chi connectivity index (χ4n) is 2.78. The molecule has 1 aromatic carbocycles. The number of rotatable bonds is 6. The van der Waals surface area contributed by atoms with Crippen molar-refractivity contribution < 1.29 is 24.2 Å². The summed E-state index contributed by atoms with van der Waals surface area (Å²) < 4.78 is 4.75. The molecule has 0 fully saturated rings. The summed E-state index contributed by atoms with van der Waals surface area (Å²) in [4.78, 5) is 37.3. The highest BCUT2D eigenvalue weighted by Crippen LogP contribution is 2.28. The third-order valence-corrected chi connectivity index (χ3v) is 4.02. The van der Waals surface area contributed by atoms with Gasteiger partial charge in [-0.1, -0.05) is 0 Å². The van der Waals surface area contributed by atoms with E-state index in [1.807, 2.05) is 0 Å². The highest BCUT2D eigenvalue weighted by Gasteiger charge is 2.34. The summed E-state index contributed by atoms with van der Waals surface area (Å²) in [6, 6.07) is 3.22. The van der Waals surface area contributed by atoms with Crippen LogP contribution in [0, 0.1) is 13.8 Å². The van der Waals surface area contributed by atoms with Gasteiger partial charge < -0.3 is 25.8 Å². The molecule has 4 N–H and O–H groups in total. The lowest BCUT2D eigenvalue weighted by atomic mass is 10.0. The molecule has 1 aliphatic rings. The van der Waals surface area contributed by atoms with Crippen molar-refractivity contribution in [3.8, 4) is 0 Å². The molecule has 0 atom stereocenters. The Morgan fingerprint density at radius 1 is 1.32 bits per heavy atom. The molecule has 8 heteroatoms. The SMILES string of the molecule is COC(=O)C1=C(Nc2c(C)cc(C(N)=O)cc2C)C(=O)N(CCO)C1. The Bertz CT molecular complexity index is 747. The van der Waals surface area contributed by atoms with Crippen molar-refractivity contribution in [2.24, 2.45) is 5.73 Å². The van der Waals surface area contributed by atoms with Gasteiger partial charge in [-0.25, -0.2) is 4.79 Å². The van der Waals surface area contributed by atoms with E-state index in [2.05, 4.69) is 5.32 Å². The third kappa shape index (κ3) is 3.63. The number of aliphatic hydroxyl groups is 1. The molecular weight excluding hydrogens is 326 g/mol. The zero-order chi connectivity index (χ0) is 18.7. The quantitative estimate of drug-likeness (QED) is 0.626. The maximum atomic E-state index is 12.5. The number of hydrogen-bond acceptors (Lipinski definition) is 6. The van der Waals surface area contributed by atoms with Gasteiger partial charge in [0.05, 0.1) is 25.8 Å². The van der Waals surface area contributed by atoms with Gasteiger partial charge in [0, 0.05) is 17.8 Å². The van der Waals surface area contributed by atoms with E-state index >= 15 is 0 Å². The third-order valence-electron chi connectivity index (χ3n) is 4.02. The number of hydrogen-bond donors (Lipinski definition) is 3. The lowest BCUT2D eigenvalue weighted by Crippen LogP contribution is -2.31. The number of ether oxygens (including phenoxy) is 1. The Morgan fingerprint density at radius 2 is 1.92 bits per heavy atom. The van der Waals surface area contributed by atoms with Gasteiger partial charge in [0.1, 0.15) is 5.70 Å². The fourth-order valence-corrected chi connectivity index (χ4v) is 2.78. The van der Waals surface area contributed by atoms with Crippen LogP contribution >= 0.6 is 0 Å². The Labute approximate surface area is 145 Å². The molecule has 2 rings (SSSR count). The molecule has 0 radical (unpaired) electrons. The van der Waals surface area contributed by atoms with Gasteiger partial charge in [0.25, 0.3) is 5.91 Å². The Balaban J connectivity index is 2.43. The van der Waals surface area contributed by atoms with Crippen molar-refractivity contribution in [2.45, 2.75) is 13.8 Å². The van der Waals surface area contributed by atoms with E-state index in [9.17, 15) is 14.4 Å². The van der Waals surface area contributed by atoms with Gasteiger partial charge in [0.2, 0.25) is 5.91 Å². The highest BCUT2D eigenvalue weighted by atomic mass is 16.5. The van der Waals surface area contributed by atoms with Crippen LogP contribution in [0.25, 0.3) is 0 Å². The van der Waals surface area contributed by atoms with Gasteiger partial charge >= 0.3 is 5.97 Å². The van der Waals surface area contributed by atoms with Crippen LogP contribution < -0.4 is 11.1 Å². The van der Waals surface area contributed by atoms with Crippen molar-refractivity contribution in [3.63, 3.8) is 0 Å². The lowest BCUT2D eigenvalue weighted by Gasteiger charge is -2.17. The number of carbonyl (C=O) groups excluding carboxylic acids is 3. The number of esters is 1. The van der Waals surface area contributed by atoms with E-state index in [-0.39, 0.29) is 31.0 Å². The zero-order valence-corrected chi connectivity index (χ0v) is 14.4. The number of nitrogens with zero attached hydrogens (tertiary/aromatic N) is 1. The van der Waals surface area contributed by atoms with Crippen LogP contribution in [0.3, 0.4) is 0 Å². The molecule has 0 spiro atoms. The van der Waals surface area contributed by atoms with Crippen LogP contribution in [0.15, 0.2) is 23.4 Å². The molecule has 0 saturated heterocycles. The average molecular weight is 347 g/mol. The molecule has 0 aromatic heterocycles. The van der Waals surface area contributed by atoms with Crippen LogP contribution in [0.5, 0.6) is 0 Å². The first-order chi connectivity index (χ1) is 11.8. The first-order valence-electron chi connectivity index (χ1n) is 7.69. The molecular formula is C17H21N3O5. The molecule has 8 nitrogen and oxygen atoms in total. The summed E-state index contributed by atoms with van der Waals surface area (Å²) in [7, 11) is 1.24. The van der Waals surface area contributed by atoms with Crippen molar-refractivity contribution in [2.75, 3.05) is 32.1 Å². The number of aliphatic hydroxyl groups excluding tert-OH is 1. The molecule has 0 unspecified atom stereocenters. The van der Waals surface area contributed by atoms with Gasteiger partial charge in [-0.05, 0) is 37.1 Å². The Hall–Kier alpha value is -2.87. The Morgan fingerprint density at radius 3 is 2.40 bits per heavy atom. The second kappa shape index (κ2) is 7.35. The number of amides is 2. The summed E-state index contributed by atoms with van der Waals surface area (Å²) >= 11 is 0. The van der Waals surface area contributed by atoms with Gasteiger partial charge in [0.15, 0.2) is 0 Å². The molecule has 1 aromatic rings. The fraction of sp³-hybridized carbons (Fsp3) is 0.353. The van der Waals surface area contributed by atoms with E-state index in [1.54, 1.807) is 26.0 Å². The number of carbonyl (C=O) groups is 3. The van der Waals surface area contributed by atoms with E-state index in [0.717, 1.165) is 0 Å². The number of anilines is 1. The number of benzene rings is 1. The number of aryl methyl sites for hydroxylation is 2. The lowest BCUT2D eigenvalue weighted by molar-refractivity contribution is -0.136. The summed E-state index contributed by atoms with van der Waals surface area (Å²) in [5.41, 5.74) is 8.00. The number of nitrogens with one attached hydrogen (secondary N) is 1. The van der Waals surface area contributed by atoms with Crippen molar-refractivity contribution in [3.05, 3.63) is 40.1 Å². The summed E-state index contributed by atoms with van der Waals surface area (Å²) in [6.07, 6.45) is 0. The number of nitrogens with two attached hydrogens (primary N) is 1. The standard InChI is InChI=1S/C17H21N3O5/c1-9-6-11(15(18)22)7-10(2)13(9)19-14-12(17(24)25-3)8-20(4-5-21)16(14)23/h6-7,19,21H,4-5,8H2,1-3H3,(H2,18,22). The summed E-state index contributed by atoms with van der Waals surface area (Å²) in [5, 5.41) is 12.1. The van der Waals surface area contributed by atoms with Gasteiger partial charge in [-0.15, -0.1) is 0 Å². The van der Waals surface area contributed by atoms with Crippen LogP contribution in [0.1, 0.15) is 21.5 Å². The minimum atomic E-state index is -0.611. The summed E-state index contributed by atoms with van der Waals surface area (Å²) in [5.74, 6) is -1.55. The van der Waals surface area contributed by atoms with Crippen LogP contribution in [0.4, 0.5) is 5.69 Å². The van der Waals surface area contributed by atoms with Crippen molar-refractivity contribution in [1.82, 2.24) is 4.90 Å². The van der Waals surface area contributed by atoms with E-state index in [4.69, 9.17) is 15.6 Å². The molecule has 0 aliphatic carbocycles. The van der Waals surface area contributed by atoms with Crippen LogP contribution in [-0.4, -0.2) is 54.6 Å². The van der Waals surface area contributed by atoms with E-state index in [0.29, 0.717) is 22.4 Å². The van der Waals surface area contributed by atoms with Gasteiger partial charge in [-0.2, -0.15) is 0 Å². The normalized spacial score (nSPS) is 14.1. The molecule has 0 saturated carbocycles. The van der Waals surface area contributed by atoms with E-state index in [1.165, 1.54) is 12.0 Å². The first-order valence-corrected chi connectivity index (χ1v) is 7.69. The number of primary amides is 1. The largest absolute Gasteiger partial charge is 0.466 e. The minimum Gasteiger partial charge on any atom is -0.466 e. The maximum absolute atomic E-state index is 12.5. The molecule has 1 heterocycles. The second-order valence-electron chi connectivity index (χ2n) is 5.77. The maximum Gasteiger partial charge on any atom is 0.337 e. The van der Waals surface area contributed by atoms with Crippen LogP contribution in [0.2, 0.25) is 0 Å². The number of methoxy groups -OCH3 is 1. The number of β-amino-alcohol motifs (C(OH)–C–C–N with tert-alkyl or cyclic N) is 1. The first kappa shape index (κ1) is 18.5. The van der Waals surface area contributed by atoms with Gasteiger partial charge in [-0.3, -0.25) is 9.59 Å². The average Bonchev–Trinajstić information content (AvgIpc) is 2.86. The zero-order valence-electron chi connectivity index (χ0n) is 14.4. The topological polar surface area (TPSA) is 122 Å². The minimum absolute atomic E-state index is 0.0614. The molecule has 134 valence electrons. The molecule has 1 aliphatic heterocycles. The predicted octanol–water partition coefficient (Wildman–Crippen LogP) is 0.0758. The van der Waals surface area contributed by atoms with Crippen molar-refractivity contribution in [1.29, 1.82) is 0 Å². The van der Waals surface area contributed by atoms with Crippen LogP contribution in [-0.2, 0) is 14.3 Å². The Kier molecular flexibility index (Phi) is 5.43. The smallest absolute Gasteiger partial charge is 0.337 e. The highest BCUT2D eigenvalue weighted by molar-refractivity contribution is 6.08. The second-order valence-corrected chi connectivity index (χ2v) is 5.77. The predicted molar refractivity (Wildman–Crippen MR) is 90.8 cm³/mol. The molecule has 0 bridgehead atoms. The van der Waals surface area contributed by atoms with Crippen molar-refractivity contribution >= 4 is 23.5 Å².